The molecule has 2 aromatic carbocycles. The van der Waals surface area contributed by atoms with Crippen LogP contribution in [0.25, 0.3) is 33.5 Å². The number of halogens is 4. The minimum Gasteiger partial charge on any atom is -0.455 e. The van der Waals surface area contributed by atoms with Crippen LogP contribution in [0.4, 0.5) is 18.9 Å². The molecule has 202 valence electrons. The van der Waals surface area contributed by atoms with Crippen molar-refractivity contribution < 1.29 is 30.8 Å². The van der Waals surface area contributed by atoms with E-state index in [0.717, 1.165) is 11.4 Å². The van der Waals surface area contributed by atoms with E-state index in [-0.39, 0.29) is 22.7 Å². The molecule has 1 amide bonds. The van der Waals surface area contributed by atoms with Crippen molar-refractivity contribution >= 4 is 59.7 Å². The Morgan fingerprint density at radius 2 is 1.87 bits per heavy atom. The summed E-state index contributed by atoms with van der Waals surface area (Å²) in [5, 5.41) is 0.615. The summed E-state index contributed by atoms with van der Waals surface area (Å²) in [5.41, 5.74) is 2.22. The van der Waals surface area contributed by atoms with Crippen molar-refractivity contribution in [2.45, 2.75) is 25.4 Å². The number of hydrogen-bond donors (Lipinski definition) is 2. The second kappa shape index (κ2) is 9.68. The van der Waals surface area contributed by atoms with Gasteiger partial charge in [0, 0.05) is 17.4 Å². The number of aryl methyl sites for hydroxylation is 1. The number of primary amides is 1. The van der Waals surface area contributed by atoms with Gasteiger partial charge in [-0.15, -0.1) is 0 Å². The number of aromatic nitrogens is 3. The molecule has 0 spiro atoms. The van der Waals surface area contributed by atoms with Crippen molar-refractivity contribution in [1.82, 2.24) is 14.5 Å². The van der Waals surface area contributed by atoms with Gasteiger partial charge in [0.2, 0.25) is 0 Å². The van der Waals surface area contributed by atoms with Crippen LogP contribution in [-0.2, 0) is 23.0 Å². The van der Waals surface area contributed by atoms with Crippen LogP contribution in [0.3, 0.4) is 0 Å². The fraction of sp³-hybridized carbons (Fsp3) is 0.160. The lowest BCUT2D eigenvalue weighted by Crippen LogP contribution is -2.30. The maximum Gasteiger partial charge on any atom is 0.516 e. The molecule has 0 bridgehead atoms. The van der Waals surface area contributed by atoms with Crippen molar-refractivity contribution in [3.8, 4) is 11.3 Å². The summed E-state index contributed by atoms with van der Waals surface area (Å²) in [6.07, 6.45) is 0.606. The van der Waals surface area contributed by atoms with Gasteiger partial charge in [-0.25, -0.2) is 9.97 Å². The van der Waals surface area contributed by atoms with E-state index in [1.54, 1.807) is 22.9 Å². The summed E-state index contributed by atoms with van der Waals surface area (Å²) in [4.78, 5) is 20.6. The molecule has 3 aromatic heterocycles. The molecular formula is C25H19BrF3N5O4S. The molecule has 5 rings (SSSR count). The van der Waals surface area contributed by atoms with E-state index in [0.29, 0.717) is 39.6 Å². The SMILES string of the molecule is CCc1nc2ccc(C(N)=O)nc2n1Cc1ccc2oc(-c3ccccc3NS(=O)(=O)C(F)(F)F)c(Br)c2c1. The van der Waals surface area contributed by atoms with Crippen LogP contribution in [0, 0.1) is 0 Å². The average molecular weight is 622 g/mol. The summed E-state index contributed by atoms with van der Waals surface area (Å²) in [7, 11) is -5.64. The van der Waals surface area contributed by atoms with Gasteiger partial charge in [0.1, 0.15) is 22.6 Å². The van der Waals surface area contributed by atoms with E-state index in [4.69, 9.17) is 10.2 Å². The highest BCUT2D eigenvalue weighted by Crippen LogP contribution is 2.42. The molecule has 0 aliphatic heterocycles. The van der Waals surface area contributed by atoms with E-state index in [1.165, 1.54) is 24.3 Å². The van der Waals surface area contributed by atoms with Crippen LogP contribution in [0.2, 0.25) is 0 Å². The number of para-hydroxylation sites is 1. The lowest BCUT2D eigenvalue weighted by atomic mass is 10.1. The van der Waals surface area contributed by atoms with Gasteiger partial charge in [-0.05, 0) is 57.9 Å². The summed E-state index contributed by atoms with van der Waals surface area (Å²) in [6, 6.07) is 14.2. The molecule has 3 N–H and O–H groups in total. The molecule has 0 saturated carbocycles. The summed E-state index contributed by atoms with van der Waals surface area (Å²) >= 11 is 3.47. The number of nitrogens with one attached hydrogen (secondary N) is 1. The second-order valence-corrected chi connectivity index (χ2v) is 11.0. The predicted octanol–water partition coefficient (Wildman–Crippen LogP) is 5.58. The third-order valence-corrected chi connectivity index (χ3v) is 7.88. The lowest BCUT2D eigenvalue weighted by molar-refractivity contribution is -0.0429. The third-order valence-electron chi connectivity index (χ3n) is 5.99. The van der Waals surface area contributed by atoms with E-state index >= 15 is 0 Å². The zero-order valence-corrected chi connectivity index (χ0v) is 22.5. The first kappa shape index (κ1) is 26.7. The number of carbonyl (C=O) groups is 1. The number of pyridine rings is 1. The normalized spacial score (nSPS) is 12.3. The Morgan fingerprint density at radius 1 is 1.13 bits per heavy atom. The molecule has 0 unspecified atom stereocenters. The van der Waals surface area contributed by atoms with Crippen molar-refractivity contribution in [3.05, 3.63) is 76.2 Å². The number of nitrogens with two attached hydrogens (primary N) is 1. The molecule has 9 nitrogen and oxygen atoms in total. The molecule has 0 aliphatic carbocycles. The standard InChI is InChI=1S/C25H19BrF3N5O4S/c1-2-20-31-18-9-8-17(23(30)35)32-24(18)34(20)12-13-7-10-19-15(11-13)21(26)22(38-19)14-5-3-4-6-16(14)33-39(36,37)25(27,28)29/h3-11,33H,2,12H2,1H3,(H2,30,35). The van der Waals surface area contributed by atoms with Gasteiger partial charge >= 0.3 is 15.5 Å². The monoisotopic (exact) mass is 621 g/mol. The Hall–Kier alpha value is -3.91. The number of alkyl halides is 3. The van der Waals surface area contributed by atoms with E-state index in [1.807, 2.05) is 23.6 Å². The largest absolute Gasteiger partial charge is 0.516 e. The van der Waals surface area contributed by atoms with Gasteiger partial charge in [-0.3, -0.25) is 9.52 Å². The summed E-state index contributed by atoms with van der Waals surface area (Å²) < 4.78 is 72.3. The van der Waals surface area contributed by atoms with Crippen LogP contribution >= 0.6 is 15.9 Å². The molecule has 0 atom stereocenters. The number of hydrogen-bond acceptors (Lipinski definition) is 6. The highest BCUT2D eigenvalue weighted by molar-refractivity contribution is 9.10. The Kier molecular flexibility index (Phi) is 6.63. The van der Waals surface area contributed by atoms with Crippen LogP contribution in [0.15, 0.2) is 63.5 Å². The van der Waals surface area contributed by atoms with E-state index < -0.39 is 21.4 Å². The Morgan fingerprint density at radius 3 is 2.56 bits per heavy atom. The van der Waals surface area contributed by atoms with Crippen molar-refractivity contribution in [2.24, 2.45) is 5.73 Å². The number of anilines is 1. The Balaban J connectivity index is 1.56. The summed E-state index contributed by atoms with van der Waals surface area (Å²) in [5.74, 6) is 0.242. The number of sulfonamides is 1. The van der Waals surface area contributed by atoms with Crippen LogP contribution in [0.5, 0.6) is 0 Å². The molecule has 5 aromatic rings. The van der Waals surface area contributed by atoms with Crippen molar-refractivity contribution in [1.29, 1.82) is 0 Å². The quantitative estimate of drug-likeness (QED) is 0.244. The first-order valence-electron chi connectivity index (χ1n) is 11.4. The topological polar surface area (TPSA) is 133 Å². The van der Waals surface area contributed by atoms with Gasteiger partial charge < -0.3 is 14.7 Å². The molecule has 0 aliphatic rings. The molecule has 0 fully saturated rings. The van der Waals surface area contributed by atoms with Gasteiger partial charge in [-0.2, -0.15) is 21.6 Å². The number of fused-ring (bicyclic) bond motifs is 2. The first-order valence-corrected chi connectivity index (χ1v) is 13.7. The number of amides is 1. The second-order valence-electron chi connectivity index (χ2n) is 8.54. The van der Waals surface area contributed by atoms with E-state index in [2.05, 4.69) is 25.9 Å². The number of imidazole rings is 1. The van der Waals surface area contributed by atoms with Crippen molar-refractivity contribution in [2.75, 3.05) is 4.72 Å². The minimum atomic E-state index is -5.64. The molecular weight excluding hydrogens is 603 g/mol. The molecule has 14 heteroatoms. The highest BCUT2D eigenvalue weighted by atomic mass is 79.9. The van der Waals surface area contributed by atoms with Crippen LogP contribution in [-0.4, -0.2) is 34.4 Å². The van der Waals surface area contributed by atoms with Gasteiger partial charge in [0.25, 0.3) is 5.91 Å². The maximum absolute atomic E-state index is 13.0. The molecule has 3 heterocycles. The Bertz CT molecular complexity index is 1870. The zero-order valence-electron chi connectivity index (χ0n) is 20.1. The lowest BCUT2D eigenvalue weighted by Gasteiger charge is -2.13. The zero-order chi connectivity index (χ0) is 28.1. The van der Waals surface area contributed by atoms with E-state index in [9.17, 15) is 26.4 Å². The van der Waals surface area contributed by atoms with Crippen molar-refractivity contribution in [3.63, 3.8) is 0 Å². The fourth-order valence-corrected chi connectivity index (χ4v) is 5.35. The smallest absolute Gasteiger partial charge is 0.455 e. The molecule has 0 radical (unpaired) electrons. The average Bonchev–Trinajstić information content (AvgIpc) is 3.40. The van der Waals surface area contributed by atoms with Gasteiger partial charge in [0.05, 0.1) is 16.7 Å². The Labute approximate surface area is 228 Å². The predicted molar refractivity (Wildman–Crippen MR) is 142 cm³/mol. The minimum absolute atomic E-state index is 0.115. The number of benzene rings is 2. The van der Waals surface area contributed by atoms with Crippen LogP contribution in [0.1, 0.15) is 28.8 Å². The number of carbonyl (C=O) groups excluding carboxylic acids is 1. The number of rotatable bonds is 7. The number of nitrogens with zero attached hydrogens (tertiary/aromatic N) is 3. The summed E-state index contributed by atoms with van der Waals surface area (Å²) in [6.45, 7) is 2.29. The van der Waals surface area contributed by atoms with Gasteiger partial charge in [0.15, 0.2) is 11.4 Å². The third kappa shape index (κ3) is 4.85. The van der Waals surface area contributed by atoms with Gasteiger partial charge in [-0.1, -0.05) is 25.1 Å². The first-order chi connectivity index (χ1) is 18.4. The maximum atomic E-state index is 13.0. The van der Waals surface area contributed by atoms with Crippen LogP contribution < -0.4 is 10.5 Å². The molecule has 0 saturated heterocycles. The highest BCUT2D eigenvalue weighted by Gasteiger charge is 2.46. The number of furan rings is 1. The fourth-order valence-electron chi connectivity index (χ4n) is 4.16. The molecule has 39 heavy (non-hydrogen) atoms.